The molecule has 1 amide bonds. The molecule has 29 heavy (non-hydrogen) atoms. The van der Waals surface area contributed by atoms with E-state index in [-0.39, 0.29) is 40.8 Å². The second-order valence-electron chi connectivity index (χ2n) is 6.65. The molecule has 2 aliphatic rings. The molecule has 2 N–H and O–H groups in total. The number of thiophene rings is 1. The van der Waals surface area contributed by atoms with Crippen LogP contribution in [0, 0.1) is 0 Å². The molecule has 8 nitrogen and oxygen atoms in total. The monoisotopic (exact) mass is 457 g/mol. The topological polar surface area (TPSA) is 97.0 Å². The van der Waals surface area contributed by atoms with Gasteiger partial charge in [0.15, 0.2) is 6.61 Å². The first kappa shape index (κ1) is 20.6. The van der Waals surface area contributed by atoms with E-state index < -0.39 is 10.0 Å². The Bertz CT molecular complexity index is 991. The summed E-state index contributed by atoms with van der Waals surface area (Å²) < 4.78 is 39.4. The Morgan fingerprint density at radius 3 is 2.83 bits per heavy atom. The average Bonchev–Trinajstić information content (AvgIpc) is 3.22. The summed E-state index contributed by atoms with van der Waals surface area (Å²) >= 11 is 7.80. The number of sulfonamides is 1. The molecule has 11 heteroatoms. The average molecular weight is 458 g/mol. The molecule has 0 aliphatic carbocycles. The van der Waals surface area contributed by atoms with E-state index in [4.69, 9.17) is 21.1 Å². The molecule has 1 aromatic heterocycles. The third-order valence-corrected chi connectivity index (χ3v) is 7.64. The molecule has 1 aromatic carbocycles. The second kappa shape index (κ2) is 8.58. The number of carbonyl (C=O) groups is 1. The number of morpholine rings is 1. The first-order valence-corrected chi connectivity index (χ1v) is 11.8. The number of hydrogen-bond acceptors (Lipinski definition) is 7. The zero-order chi connectivity index (χ0) is 20.4. The van der Waals surface area contributed by atoms with Gasteiger partial charge in [-0.25, -0.2) is 13.1 Å². The largest absolute Gasteiger partial charge is 0.482 e. The van der Waals surface area contributed by atoms with Crippen LogP contribution in [-0.2, 0) is 19.6 Å². The van der Waals surface area contributed by atoms with Gasteiger partial charge in [-0.3, -0.25) is 9.69 Å². The van der Waals surface area contributed by atoms with Crippen LogP contribution in [-0.4, -0.2) is 58.7 Å². The lowest BCUT2D eigenvalue weighted by molar-refractivity contribution is -0.118. The highest BCUT2D eigenvalue weighted by Crippen LogP contribution is 2.36. The van der Waals surface area contributed by atoms with Gasteiger partial charge in [-0.1, -0.05) is 17.7 Å². The number of hydrogen-bond donors (Lipinski definition) is 2. The third kappa shape index (κ3) is 4.57. The van der Waals surface area contributed by atoms with Gasteiger partial charge < -0.3 is 14.8 Å². The summed E-state index contributed by atoms with van der Waals surface area (Å²) in [7, 11) is -3.89. The van der Waals surface area contributed by atoms with Crippen molar-refractivity contribution in [3.8, 4) is 5.75 Å². The molecule has 0 spiro atoms. The SMILES string of the molecule is O=C1COc2cc(S(=O)(=O)NCC(c3cccs3)N3CCOCC3)c(Cl)cc2N1. The van der Waals surface area contributed by atoms with E-state index >= 15 is 0 Å². The zero-order valence-electron chi connectivity index (χ0n) is 15.4. The van der Waals surface area contributed by atoms with Crippen molar-refractivity contribution in [2.24, 2.45) is 0 Å². The van der Waals surface area contributed by atoms with Crippen molar-refractivity contribution in [2.75, 3.05) is 44.8 Å². The summed E-state index contributed by atoms with van der Waals surface area (Å²) in [5.74, 6) is -0.0380. The fraction of sp³-hybridized carbons (Fsp3) is 0.389. The summed E-state index contributed by atoms with van der Waals surface area (Å²) in [5, 5.41) is 4.60. The van der Waals surface area contributed by atoms with Crippen LogP contribution in [0.2, 0.25) is 5.02 Å². The number of anilines is 1. The molecule has 2 aliphatic heterocycles. The van der Waals surface area contributed by atoms with Crippen molar-refractivity contribution in [3.05, 3.63) is 39.5 Å². The minimum absolute atomic E-state index is 0.0149. The molecule has 0 saturated carbocycles. The molecule has 3 heterocycles. The molecular weight excluding hydrogens is 438 g/mol. The Hall–Kier alpha value is -1.69. The molecule has 1 fully saturated rings. The van der Waals surface area contributed by atoms with Crippen molar-refractivity contribution >= 4 is 44.6 Å². The molecule has 156 valence electrons. The van der Waals surface area contributed by atoms with E-state index in [1.54, 1.807) is 11.3 Å². The highest BCUT2D eigenvalue weighted by atomic mass is 35.5. The van der Waals surface area contributed by atoms with Crippen LogP contribution in [0.1, 0.15) is 10.9 Å². The first-order chi connectivity index (χ1) is 13.9. The van der Waals surface area contributed by atoms with Crippen LogP contribution >= 0.6 is 22.9 Å². The fourth-order valence-electron chi connectivity index (χ4n) is 3.33. The number of ether oxygens (including phenoxy) is 2. The molecule has 0 radical (unpaired) electrons. The van der Waals surface area contributed by atoms with Gasteiger partial charge in [-0.15, -0.1) is 11.3 Å². The van der Waals surface area contributed by atoms with Gasteiger partial charge in [0, 0.05) is 30.6 Å². The normalized spacial score (nSPS) is 18.6. The number of nitrogens with zero attached hydrogens (tertiary/aromatic N) is 1. The van der Waals surface area contributed by atoms with Gasteiger partial charge in [-0.05, 0) is 17.5 Å². The van der Waals surface area contributed by atoms with E-state index in [0.29, 0.717) is 18.9 Å². The van der Waals surface area contributed by atoms with Crippen LogP contribution < -0.4 is 14.8 Å². The van der Waals surface area contributed by atoms with Crippen LogP contribution in [0.3, 0.4) is 0 Å². The van der Waals surface area contributed by atoms with Gasteiger partial charge in [0.1, 0.15) is 10.6 Å². The van der Waals surface area contributed by atoms with Crippen molar-refractivity contribution in [1.29, 1.82) is 0 Å². The second-order valence-corrected chi connectivity index (χ2v) is 9.77. The highest BCUT2D eigenvalue weighted by molar-refractivity contribution is 7.89. The first-order valence-electron chi connectivity index (χ1n) is 9.05. The summed E-state index contributed by atoms with van der Waals surface area (Å²) in [6, 6.07) is 6.59. The van der Waals surface area contributed by atoms with Crippen LogP contribution in [0.15, 0.2) is 34.5 Å². The van der Waals surface area contributed by atoms with E-state index in [2.05, 4.69) is 14.9 Å². The lowest BCUT2D eigenvalue weighted by Crippen LogP contribution is -2.43. The van der Waals surface area contributed by atoms with Crippen LogP contribution in [0.5, 0.6) is 5.75 Å². The van der Waals surface area contributed by atoms with E-state index in [9.17, 15) is 13.2 Å². The highest BCUT2D eigenvalue weighted by Gasteiger charge is 2.28. The van der Waals surface area contributed by atoms with Crippen molar-refractivity contribution in [3.63, 3.8) is 0 Å². The Kier molecular flexibility index (Phi) is 6.09. The standard InChI is InChI=1S/C18H20ClN3O5S2/c19-12-8-13-15(27-11-18(23)21-13)9-17(12)29(24,25)20-10-14(16-2-1-7-28-16)22-3-5-26-6-4-22/h1-2,7-9,14,20H,3-6,10-11H2,(H,21,23). The maximum Gasteiger partial charge on any atom is 0.262 e. The number of halogens is 1. The number of carbonyl (C=O) groups excluding carboxylic acids is 1. The number of benzene rings is 1. The lowest BCUT2D eigenvalue weighted by atomic mass is 10.2. The van der Waals surface area contributed by atoms with Crippen molar-refractivity contribution in [1.82, 2.24) is 9.62 Å². The number of rotatable bonds is 6. The van der Waals surface area contributed by atoms with E-state index in [0.717, 1.165) is 18.0 Å². The van der Waals surface area contributed by atoms with Crippen molar-refractivity contribution in [2.45, 2.75) is 10.9 Å². The van der Waals surface area contributed by atoms with E-state index in [1.807, 2.05) is 17.5 Å². The molecule has 2 aromatic rings. The number of fused-ring (bicyclic) bond motifs is 1. The Morgan fingerprint density at radius 1 is 1.31 bits per heavy atom. The van der Waals surface area contributed by atoms with Gasteiger partial charge in [0.05, 0.1) is 30.0 Å². The molecule has 1 saturated heterocycles. The third-order valence-electron chi connectivity index (χ3n) is 4.78. The molecule has 1 unspecified atom stereocenters. The number of amides is 1. The van der Waals surface area contributed by atoms with Crippen molar-refractivity contribution < 1.29 is 22.7 Å². The minimum Gasteiger partial charge on any atom is -0.482 e. The van der Waals surface area contributed by atoms with E-state index in [1.165, 1.54) is 12.1 Å². The Morgan fingerprint density at radius 2 is 2.10 bits per heavy atom. The molecular formula is C18H20ClN3O5S2. The summed E-state index contributed by atoms with van der Waals surface area (Å²) in [6.07, 6.45) is 0. The predicted octanol–water partition coefficient (Wildman–Crippen LogP) is 2.08. The number of nitrogens with one attached hydrogen (secondary N) is 2. The Balaban J connectivity index is 1.55. The lowest BCUT2D eigenvalue weighted by Gasteiger charge is -2.34. The zero-order valence-corrected chi connectivity index (χ0v) is 17.8. The van der Waals surface area contributed by atoms with Gasteiger partial charge >= 0.3 is 0 Å². The van der Waals surface area contributed by atoms with Gasteiger partial charge in [0.2, 0.25) is 10.0 Å². The molecule has 0 bridgehead atoms. The minimum atomic E-state index is -3.89. The van der Waals surface area contributed by atoms with Gasteiger partial charge in [0.25, 0.3) is 5.91 Å². The summed E-state index contributed by atoms with van der Waals surface area (Å²) in [5.41, 5.74) is 0.356. The van der Waals surface area contributed by atoms with Gasteiger partial charge in [-0.2, -0.15) is 0 Å². The fourth-order valence-corrected chi connectivity index (χ4v) is 5.77. The van der Waals surface area contributed by atoms with Crippen LogP contribution in [0.4, 0.5) is 5.69 Å². The molecule has 1 atom stereocenters. The maximum atomic E-state index is 13.0. The smallest absolute Gasteiger partial charge is 0.262 e. The summed E-state index contributed by atoms with van der Waals surface area (Å²) in [6.45, 7) is 2.74. The Labute approximate surface area is 177 Å². The summed E-state index contributed by atoms with van der Waals surface area (Å²) in [4.78, 5) is 14.6. The quantitative estimate of drug-likeness (QED) is 0.689. The predicted molar refractivity (Wildman–Crippen MR) is 110 cm³/mol. The molecule has 4 rings (SSSR count). The maximum absolute atomic E-state index is 13.0. The van der Waals surface area contributed by atoms with Crippen LogP contribution in [0.25, 0.3) is 0 Å².